The molecule has 0 aromatic heterocycles. The minimum absolute atomic E-state index is 0.0279. The van der Waals surface area contributed by atoms with Crippen molar-refractivity contribution in [3.63, 3.8) is 0 Å². The Labute approximate surface area is 89.1 Å². The fourth-order valence-corrected chi connectivity index (χ4v) is 1.09. The maximum atomic E-state index is 12.0. The zero-order valence-electron chi connectivity index (χ0n) is 7.91. The highest BCUT2D eigenvalue weighted by atomic mass is 19.4. The number of alkyl halides is 3. The second-order valence-corrected chi connectivity index (χ2v) is 2.86. The third-order valence-corrected chi connectivity index (χ3v) is 1.71. The molecule has 1 aromatic rings. The number of nitriles is 1. The molecule has 16 heavy (non-hydrogen) atoms. The summed E-state index contributed by atoms with van der Waals surface area (Å²) in [5, 5.41) is 8.57. The van der Waals surface area contributed by atoms with Crippen LogP contribution in [-0.4, -0.2) is 12.6 Å². The van der Waals surface area contributed by atoms with Crippen molar-refractivity contribution in [1.29, 1.82) is 5.26 Å². The largest absolute Gasteiger partial charge is 0.573 e. The molecule has 0 spiro atoms. The Hall–Kier alpha value is -2.03. The minimum atomic E-state index is -4.86. The fraction of sp³-hybridized carbons (Fsp3) is 0.200. The predicted molar refractivity (Wildman–Crippen MR) is 47.6 cm³/mol. The van der Waals surface area contributed by atoms with E-state index in [2.05, 4.69) is 4.74 Å². The fourth-order valence-electron chi connectivity index (χ4n) is 1.09. The molecular formula is C10H6F3NO2. The van der Waals surface area contributed by atoms with E-state index in [1.54, 1.807) is 6.07 Å². The highest BCUT2D eigenvalue weighted by molar-refractivity contribution is 5.57. The first-order chi connectivity index (χ1) is 7.46. The van der Waals surface area contributed by atoms with Crippen molar-refractivity contribution in [2.45, 2.75) is 12.8 Å². The van der Waals surface area contributed by atoms with Crippen LogP contribution in [0.25, 0.3) is 0 Å². The van der Waals surface area contributed by atoms with E-state index >= 15 is 0 Å². The molecular weight excluding hydrogens is 223 g/mol. The summed E-state index contributed by atoms with van der Waals surface area (Å²) in [6.45, 7) is 0. The molecule has 0 fully saturated rings. The number of halogens is 3. The second-order valence-electron chi connectivity index (χ2n) is 2.86. The molecule has 0 unspecified atom stereocenters. The molecule has 0 aliphatic carbocycles. The van der Waals surface area contributed by atoms with E-state index in [1.807, 2.05) is 0 Å². The lowest BCUT2D eigenvalue weighted by Crippen LogP contribution is -2.18. The van der Waals surface area contributed by atoms with Crippen LogP contribution >= 0.6 is 0 Å². The average molecular weight is 229 g/mol. The number of rotatable bonds is 3. The molecule has 0 atom stereocenters. The van der Waals surface area contributed by atoms with Gasteiger partial charge in [-0.25, -0.2) is 0 Å². The molecule has 1 aromatic carbocycles. The standard InChI is InChI=1S/C10H6F3NO2/c11-10(12,13)16-9-5-7(3-4-15)1-2-8(9)6-14/h1-2,4-5H,3H2. The normalized spacial score (nSPS) is 10.6. The van der Waals surface area contributed by atoms with E-state index in [4.69, 9.17) is 5.26 Å². The number of carbonyl (C=O) groups excluding carboxylic acids is 1. The number of carbonyl (C=O) groups is 1. The van der Waals surface area contributed by atoms with Crippen LogP contribution in [0.4, 0.5) is 13.2 Å². The number of benzene rings is 1. The Kier molecular flexibility index (Phi) is 3.51. The van der Waals surface area contributed by atoms with E-state index in [0.29, 0.717) is 11.8 Å². The van der Waals surface area contributed by atoms with Crippen molar-refractivity contribution in [2.24, 2.45) is 0 Å². The van der Waals surface area contributed by atoms with E-state index in [-0.39, 0.29) is 12.0 Å². The highest BCUT2D eigenvalue weighted by Gasteiger charge is 2.32. The van der Waals surface area contributed by atoms with Crippen LogP contribution in [0, 0.1) is 11.3 Å². The Morgan fingerprint density at radius 2 is 2.12 bits per heavy atom. The van der Waals surface area contributed by atoms with E-state index in [1.165, 1.54) is 12.1 Å². The van der Waals surface area contributed by atoms with Gasteiger partial charge in [0, 0.05) is 6.42 Å². The Morgan fingerprint density at radius 1 is 1.44 bits per heavy atom. The van der Waals surface area contributed by atoms with Crippen LogP contribution in [-0.2, 0) is 11.2 Å². The summed E-state index contributed by atoms with van der Waals surface area (Å²) in [5.41, 5.74) is 0.125. The Balaban J connectivity index is 3.08. The van der Waals surface area contributed by atoms with Crippen LogP contribution in [0.1, 0.15) is 11.1 Å². The van der Waals surface area contributed by atoms with Crippen LogP contribution in [0.15, 0.2) is 18.2 Å². The zero-order valence-corrected chi connectivity index (χ0v) is 7.91. The highest BCUT2D eigenvalue weighted by Crippen LogP contribution is 2.27. The van der Waals surface area contributed by atoms with Gasteiger partial charge >= 0.3 is 6.36 Å². The number of hydrogen-bond donors (Lipinski definition) is 0. The van der Waals surface area contributed by atoms with Crippen molar-refractivity contribution >= 4 is 6.29 Å². The van der Waals surface area contributed by atoms with Gasteiger partial charge in [0.05, 0.1) is 5.56 Å². The molecule has 84 valence electrons. The van der Waals surface area contributed by atoms with Gasteiger partial charge < -0.3 is 9.53 Å². The smallest absolute Gasteiger partial charge is 0.404 e. The maximum absolute atomic E-state index is 12.0. The van der Waals surface area contributed by atoms with Gasteiger partial charge in [0.1, 0.15) is 18.1 Å². The minimum Gasteiger partial charge on any atom is -0.404 e. The van der Waals surface area contributed by atoms with Gasteiger partial charge in [-0.3, -0.25) is 0 Å². The quantitative estimate of drug-likeness (QED) is 0.746. The average Bonchev–Trinajstić information content (AvgIpc) is 2.16. The lowest BCUT2D eigenvalue weighted by atomic mass is 10.1. The first kappa shape index (κ1) is 12.0. The number of ether oxygens (including phenoxy) is 1. The molecule has 0 bridgehead atoms. The number of nitrogens with zero attached hydrogens (tertiary/aromatic N) is 1. The van der Waals surface area contributed by atoms with Crippen molar-refractivity contribution in [1.82, 2.24) is 0 Å². The molecule has 0 saturated heterocycles. The predicted octanol–water partition coefficient (Wildman–Crippen LogP) is 2.20. The molecule has 6 heteroatoms. The third kappa shape index (κ3) is 3.28. The summed E-state index contributed by atoms with van der Waals surface area (Å²) in [4.78, 5) is 10.2. The summed E-state index contributed by atoms with van der Waals surface area (Å²) in [6.07, 6.45) is -4.33. The van der Waals surface area contributed by atoms with Gasteiger partial charge in [-0.2, -0.15) is 5.26 Å². The maximum Gasteiger partial charge on any atom is 0.573 e. The van der Waals surface area contributed by atoms with E-state index in [0.717, 1.165) is 6.07 Å². The Bertz CT molecular complexity index is 435. The van der Waals surface area contributed by atoms with Crippen molar-refractivity contribution in [2.75, 3.05) is 0 Å². The van der Waals surface area contributed by atoms with Crippen LogP contribution < -0.4 is 4.74 Å². The number of hydrogen-bond acceptors (Lipinski definition) is 3. The lowest BCUT2D eigenvalue weighted by Gasteiger charge is -2.10. The molecule has 0 amide bonds. The van der Waals surface area contributed by atoms with Gasteiger partial charge in [0.25, 0.3) is 0 Å². The molecule has 0 radical (unpaired) electrons. The van der Waals surface area contributed by atoms with Crippen molar-refractivity contribution in [3.05, 3.63) is 29.3 Å². The molecule has 0 heterocycles. The lowest BCUT2D eigenvalue weighted by molar-refractivity contribution is -0.274. The van der Waals surface area contributed by atoms with E-state index in [9.17, 15) is 18.0 Å². The summed E-state index contributed by atoms with van der Waals surface area (Å²) >= 11 is 0. The molecule has 0 N–H and O–H groups in total. The van der Waals surface area contributed by atoms with Crippen molar-refractivity contribution < 1.29 is 22.7 Å². The molecule has 1 rings (SSSR count). The Morgan fingerprint density at radius 3 is 2.62 bits per heavy atom. The van der Waals surface area contributed by atoms with Crippen molar-refractivity contribution in [3.8, 4) is 11.8 Å². The summed E-state index contributed by atoms with van der Waals surface area (Å²) in [7, 11) is 0. The van der Waals surface area contributed by atoms with Gasteiger partial charge in [0.15, 0.2) is 0 Å². The second kappa shape index (κ2) is 4.66. The number of aldehydes is 1. The van der Waals surface area contributed by atoms with Gasteiger partial charge in [0.2, 0.25) is 0 Å². The first-order valence-electron chi connectivity index (χ1n) is 4.18. The van der Waals surface area contributed by atoms with E-state index < -0.39 is 12.1 Å². The van der Waals surface area contributed by atoms with Gasteiger partial charge in [-0.15, -0.1) is 13.2 Å². The summed E-state index contributed by atoms with van der Waals surface area (Å²) in [5.74, 6) is -0.589. The molecule has 3 nitrogen and oxygen atoms in total. The van der Waals surface area contributed by atoms with Crippen LogP contribution in [0.5, 0.6) is 5.75 Å². The first-order valence-corrected chi connectivity index (χ1v) is 4.18. The monoisotopic (exact) mass is 229 g/mol. The molecule has 0 aliphatic rings. The summed E-state index contributed by atoms with van der Waals surface area (Å²) < 4.78 is 39.6. The van der Waals surface area contributed by atoms with Gasteiger partial charge in [-0.1, -0.05) is 6.07 Å². The summed E-state index contributed by atoms with van der Waals surface area (Å²) in [6, 6.07) is 5.18. The molecule has 0 aliphatic heterocycles. The third-order valence-electron chi connectivity index (χ3n) is 1.71. The topological polar surface area (TPSA) is 50.1 Å². The molecule has 0 saturated carbocycles. The van der Waals surface area contributed by atoms with Crippen LogP contribution in [0.2, 0.25) is 0 Å². The zero-order chi connectivity index (χ0) is 12.2. The SMILES string of the molecule is N#Cc1ccc(CC=O)cc1OC(F)(F)F. The van der Waals surface area contributed by atoms with Crippen LogP contribution in [0.3, 0.4) is 0 Å². The van der Waals surface area contributed by atoms with Gasteiger partial charge in [-0.05, 0) is 17.7 Å².